The first-order valence-corrected chi connectivity index (χ1v) is 10.1. The Kier molecular flexibility index (Phi) is 6.37. The zero-order valence-corrected chi connectivity index (χ0v) is 17.8. The van der Waals surface area contributed by atoms with Crippen LogP contribution in [0, 0.1) is 19.7 Å². The molecule has 0 spiro atoms. The van der Waals surface area contributed by atoms with Gasteiger partial charge < -0.3 is 14.9 Å². The standard InChI is InChI=1S/C24H27FN2O3/c1-15-10-11-16(2)18(14-15)22(28)20-21(17-8-5-6-9-19(17)25)27(24(30)23(20)29)13-7-12-26(3)4/h5-6,8-11,14,21,28H,7,12-13H2,1-4H3/p+1/t21-/m0/s1. The van der Waals surface area contributed by atoms with Gasteiger partial charge in [-0.3, -0.25) is 9.59 Å². The molecule has 3 rings (SSSR count). The molecule has 1 aliphatic heterocycles. The summed E-state index contributed by atoms with van der Waals surface area (Å²) in [5.41, 5.74) is 2.31. The molecule has 5 nitrogen and oxygen atoms in total. The van der Waals surface area contributed by atoms with E-state index in [1.165, 1.54) is 15.9 Å². The number of carbonyl (C=O) groups is 2. The molecule has 0 radical (unpaired) electrons. The van der Waals surface area contributed by atoms with E-state index in [-0.39, 0.29) is 16.9 Å². The normalized spacial score (nSPS) is 18.5. The number of benzene rings is 2. The van der Waals surface area contributed by atoms with Crippen molar-refractivity contribution < 1.29 is 24.0 Å². The van der Waals surface area contributed by atoms with Crippen LogP contribution in [0.2, 0.25) is 0 Å². The number of likely N-dealkylation sites (tertiary alicyclic amines) is 1. The number of Topliss-reactive ketones (excluding diaryl/α,β-unsaturated/α-hetero) is 1. The molecule has 1 aliphatic rings. The first-order chi connectivity index (χ1) is 14.2. The first kappa shape index (κ1) is 21.7. The molecule has 1 fully saturated rings. The van der Waals surface area contributed by atoms with Crippen molar-refractivity contribution in [3.63, 3.8) is 0 Å². The zero-order valence-electron chi connectivity index (χ0n) is 17.8. The number of rotatable bonds is 6. The molecule has 1 atom stereocenters. The third-order valence-electron chi connectivity index (χ3n) is 5.46. The quantitative estimate of drug-likeness (QED) is 0.436. The average molecular weight is 411 g/mol. The van der Waals surface area contributed by atoms with Crippen LogP contribution in [0.3, 0.4) is 0 Å². The number of nitrogens with zero attached hydrogens (tertiary/aromatic N) is 1. The Morgan fingerprint density at radius 1 is 1.13 bits per heavy atom. The third kappa shape index (κ3) is 4.14. The molecule has 6 heteroatoms. The summed E-state index contributed by atoms with van der Waals surface area (Å²) in [7, 11) is 4.01. The minimum Gasteiger partial charge on any atom is -0.507 e. The van der Waals surface area contributed by atoms with E-state index in [0.29, 0.717) is 18.5 Å². The number of aliphatic hydroxyl groups is 1. The highest BCUT2D eigenvalue weighted by molar-refractivity contribution is 6.46. The Balaban J connectivity index is 2.16. The summed E-state index contributed by atoms with van der Waals surface area (Å²) in [4.78, 5) is 28.5. The Morgan fingerprint density at radius 3 is 2.50 bits per heavy atom. The molecule has 1 amide bonds. The van der Waals surface area contributed by atoms with Crippen molar-refractivity contribution in [2.45, 2.75) is 26.3 Å². The predicted octanol–water partition coefficient (Wildman–Crippen LogP) is 2.40. The topological polar surface area (TPSA) is 62.0 Å². The van der Waals surface area contributed by atoms with Gasteiger partial charge in [0.15, 0.2) is 0 Å². The minimum atomic E-state index is -0.955. The van der Waals surface area contributed by atoms with Crippen molar-refractivity contribution in [3.05, 3.63) is 76.1 Å². The highest BCUT2D eigenvalue weighted by atomic mass is 19.1. The van der Waals surface area contributed by atoms with Gasteiger partial charge in [0, 0.05) is 24.1 Å². The number of hydrogen-bond acceptors (Lipinski definition) is 3. The van der Waals surface area contributed by atoms with Crippen molar-refractivity contribution in [2.24, 2.45) is 0 Å². The SMILES string of the molecule is Cc1ccc(C)c(C(O)=C2C(=O)C(=O)N(CCC[NH+](C)C)[C@H]2c2ccccc2F)c1. The van der Waals surface area contributed by atoms with Crippen LogP contribution >= 0.6 is 0 Å². The first-order valence-electron chi connectivity index (χ1n) is 10.1. The third-order valence-corrected chi connectivity index (χ3v) is 5.46. The molecule has 2 aromatic rings. The van der Waals surface area contributed by atoms with Crippen LogP contribution in [0.15, 0.2) is 48.0 Å². The lowest BCUT2D eigenvalue weighted by Gasteiger charge is -2.26. The molecule has 0 aromatic heterocycles. The van der Waals surface area contributed by atoms with E-state index in [2.05, 4.69) is 0 Å². The van der Waals surface area contributed by atoms with Crippen molar-refractivity contribution >= 4 is 17.4 Å². The number of amides is 1. The van der Waals surface area contributed by atoms with Crippen molar-refractivity contribution in [3.8, 4) is 0 Å². The van der Waals surface area contributed by atoms with Crippen LogP contribution in [-0.2, 0) is 9.59 Å². The van der Waals surface area contributed by atoms with Gasteiger partial charge in [-0.05, 0) is 31.5 Å². The Labute approximate surface area is 176 Å². The van der Waals surface area contributed by atoms with Crippen LogP contribution < -0.4 is 4.90 Å². The summed E-state index contributed by atoms with van der Waals surface area (Å²) in [6.45, 7) is 4.80. The molecular weight excluding hydrogens is 383 g/mol. The molecule has 0 saturated carbocycles. The maximum Gasteiger partial charge on any atom is 0.295 e. The van der Waals surface area contributed by atoms with Gasteiger partial charge in [-0.25, -0.2) is 4.39 Å². The van der Waals surface area contributed by atoms with Crippen LogP contribution in [0.25, 0.3) is 5.76 Å². The van der Waals surface area contributed by atoms with E-state index in [0.717, 1.165) is 17.7 Å². The second-order valence-electron chi connectivity index (χ2n) is 8.14. The monoisotopic (exact) mass is 411 g/mol. The molecule has 30 heavy (non-hydrogen) atoms. The van der Waals surface area contributed by atoms with Crippen LogP contribution in [-0.4, -0.2) is 48.9 Å². The summed E-state index contributed by atoms with van der Waals surface area (Å²) in [5, 5.41) is 11.1. The Hall–Kier alpha value is -2.99. The molecule has 158 valence electrons. The van der Waals surface area contributed by atoms with Gasteiger partial charge in [-0.1, -0.05) is 35.9 Å². The fourth-order valence-electron chi connectivity index (χ4n) is 3.87. The van der Waals surface area contributed by atoms with Gasteiger partial charge in [0.25, 0.3) is 11.7 Å². The number of aliphatic hydroxyl groups excluding tert-OH is 1. The van der Waals surface area contributed by atoms with Crippen molar-refractivity contribution in [2.75, 3.05) is 27.2 Å². The van der Waals surface area contributed by atoms with Gasteiger partial charge in [-0.2, -0.15) is 0 Å². The second-order valence-corrected chi connectivity index (χ2v) is 8.14. The smallest absolute Gasteiger partial charge is 0.295 e. The van der Waals surface area contributed by atoms with E-state index >= 15 is 0 Å². The van der Waals surface area contributed by atoms with Gasteiger partial charge in [0.1, 0.15) is 11.6 Å². The molecule has 0 bridgehead atoms. The van der Waals surface area contributed by atoms with Crippen LogP contribution in [0.4, 0.5) is 4.39 Å². The molecule has 2 aromatic carbocycles. The predicted molar refractivity (Wildman–Crippen MR) is 114 cm³/mol. The van der Waals surface area contributed by atoms with Gasteiger partial charge in [-0.15, -0.1) is 0 Å². The van der Waals surface area contributed by atoms with Gasteiger partial charge in [0.2, 0.25) is 0 Å². The van der Waals surface area contributed by atoms with Crippen molar-refractivity contribution in [1.29, 1.82) is 0 Å². The lowest BCUT2D eigenvalue weighted by atomic mass is 9.93. The second kappa shape index (κ2) is 8.79. The fraction of sp³-hybridized carbons (Fsp3) is 0.333. The van der Waals surface area contributed by atoms with E-state index < -0.39 is 23.5 Å². The van der Waals surface area contributed by atoms with Gasteiger partial charge >= 0.3 is 0 Å². The number of aryl methyl sites for hydroxylation is 2. The van der Waals surface area contributed by atoms with E-state index in [1.807, 2.05) is 40.1 Å². The molecule has 2 N–H and O–H groups in total. The minimum absolute atomic E-state index is 0.0593. The summed E-state index contributed by atoms with van der Waals surface area (Å²) in [6, 6.07) is 10.7. The van der Waals surface area contributed by atoms with E-state index in [9.17, 15) is 19.1 Å². The highest BCUT2D eigenvalue weighted by Gasteiger charge is 2.46. The summed E-state index contributed by atoms with van der Waals surface area (Å²) in [5.74, 6) is -2.26. The lowest BCUT2D eigenvalue weighted by Crippen LogP contribution is -3.05. The number of hydrogen-bond donors (Lipinski definition) is 2. The highest BCUT2D eigenvalue weighted by Crippen LogP contribution is 2.40. The van der Waals surface area contributed by atoms with Gasteiger partial charge in [0.05, 0.1) is 32.3 Å². The number of carbonyl (C=O) groups excluding carboxylic acids is 2. The summed E-state index contributed by atoms with van der Waals surface area (Å²) < 4.78 is 14.7. The average Bonchev–Trinajstić information content (AvgIpc) is 2.94. The van der Waals surface area contributed by atoms with Crippen LogP contribution in [0.5, 0.6) is 0 Å². The van der Waals surface area contributed by atoms with Crippen molar-refractivity contribution in [1.82, 2.24) is 4.90 Å². The molecular formula is C24H28FN2O3+. The number of quaternary nitrogens is 1. The Bertz CT molecular complexity index is 1010. The largest absolute Gasteiger partial charge is 0.507 e. The number of ketones is 1. The zero-order chi connectivity index (χ0) is 22.0. The van der Waals surface area contributed by atoms with E-state index in [1.54, 1.807) is 24.3 Å². The summed E-state index contributed by atoms with van der Waals surface area (Å²) >= 11 is 0. The molecule has 1 heterocycles. The molecule has 0 unspecified atom stereocenters. The maximum atomic E-state index is 14.7. The lowest BCUT2D eigenvalue weighted by molar-refractivity contribution is -0.858. The molecule has 0 aliphatic carbocycles. The number of nitrogens with one attached hydrogen (secondary N) is 1. The fourth-order valence-corrected chi connectivity index (χ4v) is 3.87. The van der Waals surface area contributed by atoms with Crippen LogP contribution in [0.1, 0.15) is 34.7 Å². The number of halogens is 1. The van der Waals surface area contributed by atoms with E-state index in [4.69, 9.17) is 0 Å². The maximum absolute atomic E-state index is 14.7. The Morgan fingerprint density at radius 2 is 1.83 bits per heavy atom. The molecule has 1 saturated heterocycles. The summed E-state index contributed by atoms with van der Waals surface area (Å²) in [6.07, 6.45) is 0.657.